The highest BCUT2D eigenvalue weighted by atomic mass is 35.5. The van der Waals surface area contributed by atoms with E-state index in [9.17, 15) is 8.42 Å². The average Bonchev–Trinajstić information content (AvgIpc) is 2.85. The number of benzene rings is 1. The zero-order valence-electron chi connectivity index (χ0n) is 14.2. The van der Waals surface area contributed by atoms with Crippen molar-refractivity contribution in [3.8, 4) is 0 Å². The third kappa shape index (κ3) is 4.58. The smallest absolute Gasteiger partial charge is 0.245 e. The Morgan fingerprint density at radius 2 is 1.96 bits per heavy atom. The van der Waals surface area contributed by atoms with Gasteiger partial charge >= 0.3 is 0 Å². The van der Waals surface area contributed by atoms with E-state index < -0.39 is 16.1 Å². The monoisotopic (exact) mass is 384 g/mol. The van der Waals surface area contributed by atoms with Crippen LogP contribution in [0.25, 0.3) is 0 Å². The summed E-state index contributed by atoms with van der Waals surface area (Å²) in [7, 11) is -3.38. The Balaban J connectivity index is 1.78. The van der Waals surface area contributed by atoms with Gasteiger partial charge in [-0.3, -0.25) is 4.90 Å². The minimum Gasteiger partial charge on any atom is -0.338 e. The maximum atomic E-state index is 12.2. The molecule has 1 unspecified atom stereocenters. The first kappa shape index (κ1) is 18.3. The molecule has 0 aliphatic carbocycles. The van der Waals surface area contributed by atoms with Crippen LogP contribution in [0, 0.1) is 6.92 Å². The number of nitrogens with zero attached hydrogens (tertiary/aromatic N) is 4. The SMILES string of the molecule is Cc1noc(C2CCN(Cc3ccc(Cl)cc3)CCN2S(C)(=O)=O)n1. The Labute approximate surface area is 152 Å². The molecule has 136 valence electrons. The van der Waals surface area contributed by atoms with Gasteiger partial charge in [0.2, 0.25) is 15.9 Å². The third-order valence-corrected chi connectivity index (χ3v) is 5.82. The lowest BCUT2D eigenvalue weighted by molar-refractivity contribution is 0.257. The van der Waals surface area contributed by atoms with Crippen molar-refractivity contribution in [2.24, 2.45) is 0 Å². The lowest BCUT2D eigenvalue weighted by Crippen LogP contribution is -2.36. The zero-order chi connectivity index (χ0) is 18.0. The highest BCUT2D eigenvalue weighted by Crippen LogP contribution is 2.28. The van der Waals surface area contributed by atoms with E-state index in [0.717, 1.165) is 18.7 Å². The molecule has 2 heterocycles. The number of hydrogen-bond acceptors (Lipinski definition) is 6. The fourth-order valence-electron chi connectivity index (χ4n) is 3.05. The Hall–Kier alpha value is -1.48. The highest BCUT2D eigenvalue weighted by Gasteiger charge is 2.34. The number of hydrogen-bond donors (Lipinski definition) is 0. The minimum atomic E-state index is -3.38. The Kier molecular flexibility index (Phi) is 5.43. The molecule has 7 nitrogen and oxygen atoms in total. The van der Waals surface area contributed by atoms with Crippen molar-refractivity contribution in [1.29, 1.82) is 0 Å². The molecule has 25 heavy (non-hydrogen) atoms. The minimum absolute atomic E-state index is 0.358. The molecule has 1 atom stereocenters. The summed E-state index contributed by atoms with van der Waals surface area (Å²) in [6, 6.07) is 7.27. The summed E-state index contributed by atoms with van der Waals surface area (Å²) in [5, 5.41) is 4.50. The van der Waals surface area contributed by atoms with Crippen LogP contribution in [0.15, 0.2) is 28.8 Å². The van der Waals surface area contributed by atoms with Crippen LogP contribution in [0.5, 0.6) is 0 Å². The Morgan fingerprint density at radius 3 is 2.56 bits per heavy atom. The van der Waals surface area contributed by atoms with Gasteiger partial charge in [0, 0.05) is 31.2 Å². The van der Waals surface area contributed by atoms with Gasteiger partial charge in [-0.25, -0.2) is 8.42 Å². The van der Waals surface area contributed by atoms with Crippen molar-refractivity contribution < 1.29 is 12.9 Å². The van der Waals surface area contributed by atoms with Gasteiger partial charge < -0.3 is 4.52 Å². The number of halogens is 1. The van der Waals surface area contributed by atoms with Gasteiger partial charge in [0.1, 0.15) is 6.04 Å². The van der Waals surface area contributed by atoms with Crippen molar-refractivity contribution in [1.82, 2.24) is 19.3 Å². The van der Waals surface area contributed by atoms with Gasteiger partial charge in [-0.2, -0.15) is 9.29 Å². The predicted molar refractivity (Wildman–Crippen MR) is 94.7 cm³/mol. The summed E-state index contributed by atoms with van der Waals surface area (Å²) in [5.74, 6) is 0.863. The molecule has 0 spiro atoms. The average molecular weight is 385 g/mol. The van der Waals surface area contributed by atoms with E-state index in [2.05, 4.69) is 15.0 Å². The molecule has 3 rings (SSSR count). The normalized spacial score (nSPS) is 20.5. The summed E-state index contributed by atoms with van der Waals surface area (Å²) >= 11 is 5.93. The molecular weight excluding hydrogens is 364 g/mol. The summed E-state index contributed by atoms with van der Waals surface area (Å²) in [5.41, 5.74) is 1.14. The van der Waals surface area contributed by atoms with E-state index in [4.69, 9.17) is 16.1 Å². The van der Waals surface area contributed by atoms with Crippen molar-refractivity contribution >= 4 is 21.6 Å². The number of rotatable bonds is 4. The van der Waals surface area contributed by atoms with E-state index in [0.29, 0.717) is 36.2 Å². The quantitative estimate of drug-likeness (QED) is 0.804. The first-order valence-corrected chi connectivity index (χ1v) is 10.3. The molecule has 0 saturated carbocycles. The van der Waals surface area contributed by atoms with Gasteiger partial charge in [0.25, 0.3) is 0 Å². The van der Waals surface area contributed by atoms with Crippen LogP contribution >= 0.6 is 11.6 Å². The molecule has 2 aromatic rings. The molecule has 1 aromatic carbocycles. The molecular formula is C16H21ClN4O3S. The maximum Gasteiger partial charge on any atom is 0.245 e. The molecule has 1 aliphatic heterocycles. The number of aryl methyl sites for hydroxylation is 1. The van der Waals surface area contributed by atoms with Crippen molar-refractivity contribution in [3.63, 3.8) is 0 Å². The maximum absolute atomic E-state index is 12.2. The Bertz CT molecular complexity index is 822. The standard InChI is InChI=1S/C16H21ClN4O3S/c1-12-18-16(24-19-12)15-7-8-20(9-10-21(15)25(2,22)23)11-13-3-5-14(17)6-4-13/h3-6,15H,7-11H2,1-2H3. The van der Waals surface area contributed by atoms with Crippen molar-refractivity contribution in [2.75, 3.05) is 25.9 Å². The number of aromatic nitrogens is 2. The number of sulfonamides is 1. The molecule has 1 aliphatic rings. The fourth-order valence-corrected chi connectivity index (χ4v) is 4.25. The van der Waals surface area contributed by atoms with Crippen LogP contribution in [-0.4, -0.2) is 53.7 Å². The van der Waals surface area contributed by atoms with Gasteiger partial charge in [0.05, 0.1) is 6.26 Å². The summed E-state index contributed by atoms with van der Waals surface area (Å²) < 4.78 is 31.2. The summed E-state index contributed by atoms with van der Waals surface area (Å²) in [4.78, 5) is 6.47. The van der Waals surface area contributed by atoms with Crippen LogP contribution in [0.4, 0.5) is 0 Å². The van der Waals surface area contributed by atoms with Crippen LogP contribution in [0.1, 0.15) is 29.7 Å². The van der Waals surface area contributed by atoms with E-state index in [-0.39, 0.29) is 0 Å². The van der Waals surface area contributed by atoms with E-state index in [1.807, 2.05) is 24.3 Å². The Morgan fingerprint density at radius 1 is 1.24 bits per heavy atom. The third-order valence-electron chi connectivity index (χ3n) is 4.28. The molecule has 9 heteroatoms. The second-order valence-electron chi connectivity index (χ2n) is 6.26. The molecule has 0 bridgehead atoms. The summed E-state index contributed by atoms with van der Waals surface area (Å²) in [6.45, 7) is 4.23. The van der Waals surface area contributed by atoms with Crippen molar-refractivity contribution in [3.05, 3.63) is 46.6 Å². The van der Waals surface area contributed by atoms with E-state index >= 15 is 0 Å². The first-order chi connectivity index (χ1) is 11.8. The van der Waals surface area contributed by atoms with Gasteiger partial charge in [-0.05, 0) is 31.0 Å². The van der Waals surface area contributed by atoms with Crippen LogP contribution in [-0.2, 0) is 16.6 Å². The van der Waals surface area contributed by atoms with Crippen LogP contribution in [0.3, 0.4) is 0 Å². The van der Waals surface area contributed by atoms with Crippen LogP contribution in [0.2, 0.25) is 5.02 Å². The van der Waals surface area contributed by atoms with Gasteiger partial charge in [-0.1, -0.05) is 28.9 Å². The molecule has 1 saturated heterocycles. The zero-order valence-corrected chi connectivity index (χ0v) is 15.8. The second-order valence-corrected chi connectivity index (χ2v) is 8.63. The van der Waals surface area contributed by atoms with Gasteiger partial charge in [0.15, 0.2) is 5.82 Å². The van der Waals surface area contributed by atoms with Gasteiger partial charge in [-0.15, -0.1) is 0 Å². The lowest BCUT2D eigenvalue weighted by Gasteiger charge is -2.24. The molecule has 0 radical (unpaired) electrons. The highest BCUT2D eigenvalue weighted by molar-refractivity contribution is 7.88. The van der Waals surface area contributed by atoms with E-state index in [1.54, 1.807) is 6.92 Å². The first-order valence-electron chi connectivity index (χ1n) is 8.07. The fraction of sp³-hybridized carbons (Fsp3) is 0.500. The van der Waals surface area contributed by atoms with Crippen LogP contribution < -0.4 is 0 Å². The van der Waals surface area contributed by atoms with Crippen molar-refractivity contribution in [2.45, 2.75) is 25.9 Å². The molecule has 0 N–H and O–H groups in total. The largest absolute Gasteiger partial charge is 0.338 e. The predicted octanol–water partition coefficient (Wildman–Crippen LogP) is 2.24. The second kappa shape index (κ2) is 7.41. The molecule has 0 amide bonds. The lowest BCUT2D eigenvalue weighted by atomic mass is 10.2. The molecule has 1 aromatic heterocycles. The topological polar surface area (TPSA) is 79.5 Å². The summed E-state index contributed by atoms with van der Waals surface area (Å²) in [6.07, 6.45) is 1.82. The van der Waals surface area contributed by atoms with E-state index in [1.165, 1.54) is 10.6 Å². The molecule has 1 fully saturated rings.